The topological polar surface area (TPSA) is 18.5 Å². The number of allylic oxidation sites excluding steroid dienone is 2. The van der Waals surface area contributed by atoms with E-state index in [2.05, 4.69) is 139 Å². The van der Waals surface area contributed by atoms with Crippen molar-refractivity contribution in [1.29, 1.82) is 0 Å². The Morgan fingerprint density at radius 1 is 0.585 bits per heavy atom. The predicted molar refractivity (Wildman–Crippen MR) is 186 cm³/mol. The Labute approximate surface area is 255 Å². The van der Waals surface area contributed by atoms with Gasteiger partial charge in [0.05, 0.1) is 0 Å². The molecular formula is C37H60O2Si2. The average Bonchev–Trinajstić information content (AvgIpc) is 3.22. The Morgan fingerprint density at radius 3 is 1.39 bits per heavy atom. The Balaban J connectivity index is 2.01. The second kappa shape index (κ2) is 13.2. The molecule has 4 heteroatoms. The van der Waals surface area contributed by atoms with E-state index in [9.17, 15) is 0 Å². The lowest BCUT2D eigenvalue weighted by Crippen LogP contribution is -2.50. The van der Waals surface area contributed by atoms with Crippen molar-refractivity contribution in [3.63, 3.8) is 0 Å². The molecule has 2 nitrogen and oxygen atoms in total. The summed E-state index contributed by atoms with van der Waals surface area (Å²) in [5, 5.41) is 0. The van der Waals surface area contributed by atoms with Crippen LogP contribution in [0, 0.1) is 0 Å². The standard InChI is InChI=1S/C37H60O2Si2/c1-15-33-35-22-21-32(39-41(27(9)10,28(11)12)29(13)14)23-36(35)34(16-2)37(33)30-17-19-31(20-18-30)38-40(24(3)4,25(5)6)26(7)8/h17-29,34H,15-16H2,1-14H3. The van der Waals surface area contributed by atoms with Crippen molar-refractivity contribution in [1.82, 2.24) is 0 Å². The summed E-state index contributed by atoms with van der Waals surface area (Å²) in [5.74, 6) is 2.49. The first-order valence-corrected chi connectivity index (χ1v) is 20.8. The van der Waals surface area contributed by atoms with Gasteiger partial charge in [0, 0.05) is 5.92 Å². The summed E-state index contributed by atoms with van der Waals surface area (Å²) >= 11 is 0. The van der Waals surface area contributed by atoms with Crippen LogP contribution in [-0.2, 0) is 0 Å². The molecule has 0 saturated heterocycles. The molecule has 1 aliphatic carbocycles. The minimum atomic E-state index is -2.01. The van der Waals surface area contributed by atoms with E-state index in [1.807, 2.05) is 0 Å². The maximum absolute atomic E-state index is 7.14. The van der Waals surface area contributed by atoms with Gasteiger partial charge in [-0.15, -0.1) is 0 Å². The molecule has 0 N–H and O–H groups in total. The molecule has 0 heterocycles. The van der Waals surface area contributed by atoms with Crippen molar-refractivity contribution in [2.45, 2.75) is 149 Å². The smallest absolute Gasteiger partial charge is 0.258 e. The van der Waals surface area contributed by atoms with Crippen LogP contribution in [0.3, 0.4) is 0 Å². The van der Waals surface area contributed by atoms with E-state index in [0.29, 0.717) is 39.2 Å². The van der Waals surface area contributed by atoms with Gasteiger partial charge >= 0.3 is 0 Å². The minimum Gasteiger partial charge on any atom is -0.543 e. The maximum atomic E-state index is 7.14. The quantitative estimate of drug-likeness (QED) is 0.215. The largest absolute Gasteiger partial charge is 0.543 e. The number of fused-ring (bicyclic) bond motifs is 1. The molecule has 0 fully saturated rings. The highest BCUT2D eigenvalue weighted by Crippen LogP contribution is 2.52. The van der Waals surface area contributed by atoms with E-state index in [1.165, 1.54) is 27.8 Å². The number of hydrogen-bond donors (Lipinski definition) is 0. The molecular weight excluding hydrogens is 533 g/mol. The normalized spacial score (nSPS) is 16.2. The lowest BCUT2D eigenvalue weighted by molar-refractivity contribution is 0.479. The fourth-order valence-electron chi connectivity index (χ4n) is 8.68. The fourth-order valence-corrected chi connectivity index (χ4v) is 19.2. The average molecular weight is 593 g/mol. The zero-order valence-corrected chi connectivity index (χ0v) is 30.8. The van der Waals surface area contributed by atoms with Gasteiger partial charge in [-0.05, 0) is 98.2 Å². The van der Waals surface area contributed by atoms with Gasteiger partial charge in [-0.1, -0.05) is 115 Å². The zero-order valence-electron chi connectivity index (χ0n) is 28.8. The molecule has 1 atom stereocenters. The third kappa shape index (κ3) is 6.02. The molecule has 228 valence electrons. The lowest BCUT2D eigenvalue weighted by Gasteiger charge is -2.42. The molecule has 2 aromatic carbocycles. The highest BCUT2D eigenvalue weighted by atomic mass is 28.4. The van der Waals surface area contributed by atoms with Crippen LogP contribution >= 0.6 is 0 Å². The van der Waals surface area contributed by atoms with E-state index < -0.39 is 16.6 Å². The Hall–Kier alpha value is -1.79. The van der Waals surface area contributed by atoms with Crippen LogP contribution in [0.25, 0.3) is 11.1 Å². The van der Waals surface area contributed by atoms with Crippen LogP contribution in [0.5, 0.6) is 11.5 Å². The van der Waals surface area contributed by atoms with Gasteiger partial charge in [0.1, 0.15) is 11.5 Å². The Morgan fingerprint density at radius 2 is 1.00 bits per heavy atom. The van der Waals surface area contributed by atoms with Crippen LogP contribution < -0.4 is 8.85 Å². The van der Waals surface area contributed by atoms with E-state index in [0.717, 1.165) is 24.3 Å². The molecule has 0 saturated carbocycles. The Kier molecular flexibility index (Phi) is 10.9. The second-order valence-corrected chi connectivity index (χ2v) is 25.1. The summed E-state index contributed by atoms with van der Waals surface area (Å²) in [7, 11) is -4.00. The van der Waals surface area contributed by atoms with Crippen molar-refractivity contribution in [2.75, 3.05) is 0 Å². The number of benzene rings is 2. The number of rotatable bonds is 13. The number of hydrogen-bond acceptors (Lipinski definition) is 2. The zero-order chi connectivity index (χ0) is 30.9. The van der Waals surface area contributed by atoms with Gasteiger partial charge in [0.2, 0.25) is 0 Å². The van der Waals surface area contributed by atoms with Crippen molar-refractivity contribution in [2.24, 2.45) is 0 Å². The maximum Gasteiger partial charge on any atom is 0.258 e. The lowest BCUT2D eigenvalue weighted by atomic mass is 9.88. The second-order valence-electron chi connectivity index (χ2n) is 14.3. The van der Waals surface area contributed by atoms with E-state index in [-0.39, 0.29) is 0 Å². The van der Waals surface area contributed by atoms with Crippen LogP contribution in [0.2, 0.25) is 33.2 Å². The first-order chi connectivity index (χ1) is 19.2. The summed E-state index contributed by atoms with van der Waals surface area (Å²) in [5.41, 5.74) is 10.5. The Bertz CT molecular complexity index is 1140. The molecule has 1 aliphatic rings. The van der Waals surface area contributed by atoms with Gasteiger partial charge in [0.15, 0.2) is 0 Å². The molecule has 0 bridgehead atoms. The van der Waals surface area contributed by atoms with Crippen molar-refractivity contribution in [3.05, 3.63) is 59.2 Å². The molecule has 0 aliphatic heterocycles. The highest BCUT2D eigenvalue weighted by Gasteiger charge is 2.48. The van der Waals surface area contributed by atoms with Gasteiger partial charge in [-0.25, -0.2) is 0 Å². The predicted octanol–water partition coefficient (Wildman–Crippen LogP) is 12.6. The molecule has 0 radical (unpaired) electrons. The summed E-state index contributed by atoms with van der Waals surface area (Å²) < 4.78 is 14.1. The molecule has 3 rings (SSSR count). The highest BCUT2D eigenvalue weighted by molar-refractivity contribution is 6.78. The first kappa shape index (κ1) is 33.7. The fraction of sp³-hybridized carbons (Fsp3) is 0.622. The summed E-state index contributed by atoms with van der Waals surface area (Å²) in [4.78, 5) is 0. The SMILES string of the molecule is CCC1=C(c2ccc(O[Si](C(C)C)(C(C)C)C(C)C)cc2)C(CC)c2cc(O[Si](C(C)C)(C(C)C)C(C)C)ccc21. The summed E-state index contributed by atoms with van der Waals surface area (Å²) in [6, 6.07) is 16.1. The van der Waals surface area contributed by atoms with Crippen LogP contribution in [0.15, 0.2) is 42.5 Å². The van der Waals surface area contributed by atoms with Gasteiger partial charge in [0.25, 0.3) is 16.6 Å². The van der Waals surface area contributed by atoms with Crippen molar-refractivity contribution in [3.8, 4) is 11.5 Å². The molecule has 0 amide bonds. The van der Waals surface area contributed by atoms with E-state index in [4.69, 9.17) is 8.85 Å². The first-order valence-electron chi connectivity index (χ1n) is 16.5. The van der Waals surface area contributed by atoms with Crippen LogP contribution in [0.1, 0.15) is 132 Å². The van der Waals surface area contributed by atoms with Gasteiger partial charge < -0.3 is 8.85 Å². The summed E-state index contributed by atoms with van der Waals surface area (Å²) in [6.07, 6.45) is 2.11. The minimum absolute atomic E-state index is 0.388. The molecule has 0 spiro atoms. The van der Waals surface area contributed by atoms with E-state index in [1.54, 1.807) is 0 Å². The van der Waals surface area contributed by atoms with Crippen molar-refractivity contribution >= 4 is 27.8 Å². The summed E-state index contributed by atoms with van der Waals surface area (Å²) in [6.45, 7) is 33.0. The molecule has 2 aromatic rings. The molecule has 41 heavy (non-hydrogen) atoms. The van der Waals surface area contributed by atoms with Gasteiger partial charge in [-0.3, -0.25) is 0 Å². The molecule has 1 unspecified atom stereocenters. The van der Waals surface area contributed by atoms with Crippen molar-refractivity contribution < 1.29 is 8.85 Å². The van der Waals surface area contributed by atoms with Crippen LogP contribution in [0.4, 0.5) is 0 Å². The third-order valence-corrected chi connectivity index (χ3v) is 22.3. The van der Waals surface area contributed by atoms with Gasteiger partial charge in [-0.2, -0.15) is 0 Å². The molecule has 0 aromatic heterocycles. The van der Waals surface area contributed by atoms with Crippen LogP contribution in [-0.4, -0.2) is 16.6 Å². The monoisotopic (exact) mass is 592 g/mol. The van der Waals surface area contributed by atoms with E-state index >= 15 is 0 Å². The third-order valence-electron chi connectivity index (χ3n) is 10.3.